The molecule has 176 valence electrons. The summed E-state index contributed by atoms with van der Waals surface area (Å²) >= 11 is 20.6. The van der Waals surface area contributed by atoms with Gasteiger partial charge in [-0.05, 0) is 39.9 Å². The van der Waals surface area contributed by atoms with Crippen LogP contribution in [-0.4, -0.2) is 29.2 Å². The lowest BCUT2D eigenvalue weighted by atomic mass is 9.54. The molecule has 0 unspecified atom stereocenters. The first-order chi connectivity index (χ1) is 16.8. The summed E-state index contributed by atoms with van der Waals surface area (Å²) in [6, 6.07) is 21.6. The second-order valence-corrected chi connectivity index (χ2v) is 10.6. The molecule has 3 aromatic carbocycles. The van der Waals surface area contributed by atoms with Crippen LogP contribution in [0.25, 0.3) is 0 Å². The van der Waals surface area contributed by atoms with Gasteiger partial charge in [-0.25, -0.2) is 0 Å². The van der Waals surface area contributed by atoms with Crippen molar-refractivity contribution in [3.05, 3.63) is 106 Å². The van der Waals surface area contributed by atoms with Gasteiger partial charge in [-0.15, -0.1) is 23.2 Å². The van der Waals surface area contributed by atoms with Crippen molar-refractivity contribution in [1.29, 1.82) is 0 Å². The standard InChI is InChI=1S/C27H18Cl3NO4/c28-16-11-9-15(10-12-16)14-35-21(32)13-31-24(33)22-23(25(31)34)27(30)18-6-2-1-5-17(18)26(22,29)19-7-3-4-8-20(19)27/h1-12,22-23H,13-14H2/t22-,23+,26?,27?. The number of likely N-dealkylation sites (tertiary alicyclic amines) is 1. The molecule has 2 atom stereocenters. The van der Waals surface area contributed by atoms with Crippen molar-refractivity contribution in [1.82, 2.24) is 4.90 Å². The lowest BCUT2D eigenvalue weighted by Crippen LogP contribution is -2.57. The van der Waals surface area contributed by atoms with Crippen LogP contribution in [0.1, 0.15) is 27.8 Å². The van der Waals surface area contributed by atoms with Gasteiger partial charge in [0.25, 0.3) is 0 Å². The molecule has 7 rings (SSSR count). The van der Waals surface area contributed by atoms with Crippen LogP contribution in [0.2, 0.25) is 5.02 Å². The van der Waals surface area contributed by atoms with Gasteiger partial charge in [-0.2, -0.15) is 0 Å². The Morgan fingerprint density at radius 3 is 1.63 bits per heavy atom. The zero-order chi connectivity index (χ0) is 24.5. The molecule has 1 fully saturated rings. The maximum absolute atomic E-state index is 13.7. The lowest BCUT2D eigenvalue weighted by molar-refractivity contribution is -0.153. The number of rotatable bonds is 4. The zero-order valence-corrected chi connectivity index (χ0v) is 20.5. The number of ether oxygens (including phenoxy) is 1. The van der Waals surface area contributed by atoms with Crippen LogP contribution in [0.3, 0.4) is 0 Å². The number of hydrogen-bond acceptors (Lipinski definition) is 4. The fraction of sp³-hybridized carbons (Fsp3) is 0.222. The Bertz CT molecular complexity index is 1280. The minimum atomic E-state index is -1.27. The van der Waals surface area contributed by atoms with Crippen LogP contribution in [0.15, 0.2) is 72.8 Å². The van der Waals surface area contributed by atoms with Crippen LogP contribution in [0.4, 0.5) is 0 Å². The second kappa shape index (κ2) is 7.82. The molecular formula is C27H18Cl3NO4. The van der Waals surface area contributed by atoms with E-state index in [2.05, 4.69) is 0 Å². The first-order valence-corrected chi connectivity index (χ1v) is 12.2. The number of imide groups is 1. The van der Waals surface area contributed by atoms with E-state index < -0.39 is 45.9 Å². The van der Waals surface area contributed by atoms with Gasteiger partial charge in [0.2, 0.25) is 11.8 Å². The fourth-order valence-corrected chi connectivity index (χ4v) is 7.02. The second-order valence-electron chi connectivity index (χ2n) is 9.02. The zero-order valence-electron chi connectivity index (χ0n) is 18.2. The highest BCUT2D eigenvalue weighted by atomic mass is 35.5. The predicted molar refractivity (Wildman–Crippen MR) is 131 cm³/mol. The molecule has 1 heterocycles. The highest BCUT2D eigenvalue weighted by molar-refractivity contribution is 6.36. The summed E-state index contributed by atoms with van der Waals surface area (Å²) in [6.45, 7) is -0.514. The monoisotopic (exact) mass is 525 g/mol. The summed E-state index contributed by atoms with van der Waals surface area (Å²) in [6.07, 6.45) is 0. The van der Waals surface area contributed by atoms with Gasteiger partial charge < -0.3 is 4.74 Å². The minimum Gasteiger partial charge on any atom is -0.459 e. The normalized spacial score (nSPS) is 27.9. The van der Waals surface area contributed by atoms with Crippen molar-refractivity contribution in [3.8, 4) is 0 Å². The van der Waals surface area contributed by atoms with Gasteiger partial charge >= 0.3 is 5.97 Å². The number of hydrogen-bond donors (Lipinski definition) is 0. The summed E-state index contributed by atoms with van der Waals surface area (Å²) in [5.41, 5.74) is 3.59. The maximum Gasteiger partial charge on any atom is 0.326 e. The summed E-state index contributed by atoms with van der Waals surface area (Å²) in [5, 5.41) is 0.567. The van der Waals surface area contributed by atoms with E-state index >= 15 is 0 Å². The van der Waals surface area contributed by atoms with Crippen LogP contribution >= 0.6 is 34.8 Å². The Hall–Kier alpha value is -2.86. The van der Waals surface area contributed by atoms with Gasteiger partial charge in [0, 0.05) is 5.02 Å². The highest BCUT2D eigenvalue weighted by Crippen LogP contribution is 2.69. The molecule has 0 N–H and O–H groups in total. The Labute approximate surface area is 216 Å². The summed E-state index contributed by atoms with van der Waals surface area (Å²) < 4.78 is 5.33. The molecule has 1 aliphatic heterocycles. The molecule has 1 saturated heterocycles. The van der Waals surface area contributed by atoms with Crippen molar-refractivity contribution in [2.75, 3.05) is 6.54 Å². The van der Waals surface area contributed by atoms with Crippen LogP contribution in [-0.2, 0) is 35.5 Å². The Morgan fingerprint density at radius 2 is 1.20 bits per heavy atom. The van der Waals surface area contributed by atoms with E-state index in [4.69, 9.17) is 39.5 Å². The van der Waals surface area contributed by atoms with E-state index in [1.54, 1.807) is 24.3 Å². The van der Waals surface area contributed by atoms with Gasteiger partial charge in [-0.1, -0.05) is 72.3 Å². The van der Waals surface area contributed by atoms with Crippen molar-refractivity contribution < 1.29 is 19.1 Å². The van der Waals surface area contributed by atoms with Crippen molar-refractivity contribution >= 4 is 52.6 Å². The third kappa shape index (κ3) is 2.98. The van der Waals surface area contributed by atoms with E-state index in [0.717, 1.165) is 10.5 Å². The highest BCUT2D eigenvalue weighted by Gasteiger charge is 2.73. The minimum absolute atomic E-state index is 0.00511. The lowest BCUT2D eigenvalue weighted by Gasteiger charge is -2.54. The average molecular weight is 527 g/mol. The smallest absolute Gasteiger partial charge is 0.326 e. The molecule has 2 bridgehead atoms. The number of esters is 1. The fourth-order valence-electron chi connectivity index (χ4n) is 5.80. The number of amides is 2. The molecule has 3 aliphatic carbocycles. The number of carbonyl (C=O) groups excluding carboxylic acids is 3. The summed E-state index contributed by atoms with van der Waals surface area (Å²) in [4.78, 5) is 38.4. The van der Waals surface area contributed by atoms with Crippen LogP contribution in [0.5, 0.6) is 0 Å². The first-order valence-electron chi connectivity index (χ1n) is 11.1. The summed E-state index contributed by atoms with van der Waals surface area (Å²) in [7, 11) is 0. The number of benzene rings is 3. The molecule has 0 aromatic heterocycles. The quantitative estimate of drug-likeness (QED) is 0.273. The van der Waals surface area contributed by atoms with E-state index in [0.29, 0.717) is 27.3 Å². The number of alkyl halides is 2. The number of carbonyl (C=O) groups is 3. The summed E-state index contributed by atoms with van der Waals surface area (Å²) in [5.74, 6) is -3.62. The molecular weight excluding hydrogens is 509 g/mol. The number of nitrogens with zero attached hydrogens (tertiary/aromatic N) is 1. The molecule has 5 nitrogen and oxygen atoms in total. The topological polar surface area (TPSA) is 63.7 Å². The van der Waals surface area contributed by atoms with Gasteiger partial charge in [0.05, 0.1) is 11.8 Å². The average Bonchev–Trinajstić information content (AvgIpc) is 3.13. The predicted octanol–water partition coefficient (Wildman–Crippen LogP) is 4.98. The first kappa shape index (κ1) is 22.6. The third-order valence-corrected chi connectivity index (χ3v) is 8.81. The molecule has 3 aromatic rings. The molecule has 8 heteroatoms. The molecule has 2 amide bonds. The Kier molecular flexibility index (Phi) is 5.05. The van der Waals surface area contributed by atoms with Gasteiger partial charge in [0.1, 0.15) is 22.9 Å². The van der Waals surface area contributed by atoms with Gasteiger partial charge in [-0.3, -0.25) is 19.3 Å². The van der Waals surface area contributed by atoms with E-state index in [9.17, 15) is 14.4 Å². The van der Waals surface area contributed by atoms with E-state index in [1.807, 2.05) is 48.5 Å². The SMILES string of the molecule is O=C(CN1C(=O)[C@@H]2[C@H](C1=O)C1(Cl)c3ccccc3C2(Cl)c2ccccc21)OCc1ccc(Cl)cc1. The molecule has 4 aliphatic rings. The molecule has 0 radical (unpaired) electrons. The molecule has 35 heavy (non-hydrogen) atoms. The van der Waals surface area contributed by atoms with Crippen molar-refractivity contribution in [2.45, 2.75) is 16.4 Å². The van der Waals surface area contributed by atoms with Crippen LogP contribution in [0, 0.1) is 11.8 Å². The Morgan fingerprint density at radius 1 is 0.771 bits per heavy atom. The van der Waals surface area contributed by atoms with Gasteiger partial charge in [0.15, 0.2) is 0 Å². The van der Waals surface area contributed by atoms with E-state index in [1.165, 1.54) is 0 Å². The third-order valence-electron chi connectivity index (χ3n) is 7.28. The van der Waals surface area contributed by atoms with E-state index in [-0.39, 0.29) is 6.61 Å². The van der Waals surface area contributed by atoms with Crippen molar-refractivity contribution in [3.63, 3.8) is 0 Å². The molecule has 0 saturated carbocycles. The van der Waals surface area contributed by atoms with Crippen LogP contribution < -0.4 is 0 Å². The maximum atomic E-state index is 13.7. The van der Waals surface area contributed by atoms with Crippen molar-refractivity contribution in [2.24, 2.45) is 11.8 Å². The molecule has 0 spiro atoms. The Balaban J connectivity index is 1.35. The number of halogens is 3. The largest absolute Gasteiger partial charge is 0.459 e.